The fourth-order valence-corrected chi connectivity index (χ4v) is 6.64. The van der Waals surface area contributed by atoms with E-state index in [1.165, 1.54) is 16.2 Å². The number of piperidine rings is 2. The Morgan fingerprint density at radius 1 is 1.38 bits per heavy atom. The second kappa shape index (κ2) is 8.50. The van der Waals surface area contributed by atoms with Gasteiger partial charge in [-0.1, -0.05) is 11.6 Å². The maximum absolute atomic E-state index is 14.9. The molecule has 0 spiro atoms. The van der Waals surface area contributed by atoms with Crippen molar-refractivity contribution in [2.75, 3.05) is 6.54 Å². The van der Waals surface area contributed by atoms with Crippen LogP contribution in [0.3, 0.4) is 0 Å². The summed E-state index contributed by atoms with van der Waals surface area (Å²) in [6.07, 6.45) is 0.594. The fraction of sp³-hybridized carbons (Fsp3) is 0.545. The van der Waals surface area contributed by atoms with Crippen molar-refractivity contribution in [3.8, 4) is 6.07 Å². The van der Waals surface area contributed by atoms with Crippen LogP contribution in [0.1, 0.15) is 42.6 Å². The Balaban J connectivity index is 1.42. The molecule has 0 radical (unpaired) electrons. The standard InChI is InChI=1S/C22H22ClF2N5O3S/c23-14-9-34-16-6-15(29-17(14)16)21(33)30-12-1-2-13(22(24,25)7-12)18(30)20(32)28-11(8-26)5-10-3-4-27-19(10)31/h6,9-13,18,29H,1-5,7H2,(H,27,31)(H,28,32)/t10-,11-,12-,13-,18+/m1/s1. The van der Waals surface area contributed by atoms with Crippen molar-refractivity contribution in [3.63, 3.8) is 0 Å². The van der Waals surface area contributed by atoms with Crippen LogP contribution in [-0.4, -0.2) is 58.2 Å². The van der Waals surface area contributed by atoms with Crippen LogP contribution in [0.2, 0.25) is 5.02 Å². The number of thiophene rings is 1. The normalized spacial score (nSPS) is 28.5. The minimum absolute atomic E-state index is 0.0879. The molecule has 1 saturated carbocycles. The van der Waals surface area contributed by atoms with Gasteiger partial charge in [0.1, 0.15) is 17.8 Å². The number of nitrogens with one attached hydrogen (secondary N) is 3. The van der Waals surface area contributed by atoms with Crippen LogP contribution < -0.4 is 10.6 Å². The number of amides is 3. The van der Waals surface area contributed by atoms with Crippen molar-refractivity contribution >= 4 is 50.9 Å². The molecule has 34 heavy (non-hydrogen) atoms. The van der Waals surface area contributed by atoms with Gasteiger partial charge in [-0.25, -0.2) is 8.78 Å². The van der Waals surface area contributed by atoms with Crippen molar-refractivity contribution in [1.29, 1.82) is 5.26 Å². The van der Waals surface area contributed by atoms with Crippen LogP contribution >= 0.6 is 22.9 Å². The number of hydrogen-bond acceptors (Lipinski definition) is 5. The summed E-state index contributed by atoms with van der Waals surface area (Å²) in [7, 11) is 0. The number of alkyl halides is 2. The van der Waals surface area contributed by atoms with Gasteiger partial charge in [0.25, 0.3) is 11.8 Å². The number of halogens is 3. The Bertz CT molecular complexity index is 1210. The van der Waals surface area contributed by atoms with E-state index < -0.39 is 54.1 Å². The van der Waals surface area contributed by atoms with Crippen LogP contribution in [0.15, 0.2) is 11.4 Å². The summed E-state index contributed by atoms with van der Waals surface area (Å²) in [6.45, 7) is 0.494. The predicted molar refractivity (Wildman–Crippen MR) is 120 cm³/mol. The Morgan fingerprint density at radius 2 is 2.18 bits per heavy atom. The molecule has 5 atom stereocenters. The van der Waals surface area contributed by atoms with Crippen molar-refractivity contribution < 1.29 is 23.2 Å². The van der Waals surface area contributed by atoms with Gasteiger partial charge in [-0.05, 0) is 31.7 Å². The highest BCUT2D eigenvalue weighted by Gasteiger charge is 2.60. The van der Waals surface area contributed by atoms with E-state index in [1.807, 2.05) is 6.07 Å². The van der Waals surface area contributed by atoms with Gasteiger partial charge in [-0.3, -0.25) is 14.4 Å². The highest BCUT2D eigenvalue weighted by Crippen LogP contribution is 2.49. The topological polar surface area (TPSA) is 118 Å². The zero-order valence-corrected chi connectivity index (χ0v) is 19.5. The number of nitrogens with zero attached hydrogens (tertiary/aromatic N) is 2. The molecule has 2 aromatic rings. The van der Waals surface area contributed by atoms with Crippen LogP contribution in [0, 0.1) is 23.2 Å². The number of aromatic amines is 1. The van der Waals surface area contributed by atoms with E-state index in [-0.39, 0.29) is 24.4 Å². The summed E-state index contributed by atoms with van der Waals surface area (Å²) in [5.74, 6) is -6.42. The molecule has 4 fully saturated rings. The van der Waals surface area contributed by atoms with Crippen molar-refractivity contribution in [3.05, 3.63) is 22.2 Å². The van der Waals surface area contributed by atoms with Gasteiger partial charge in [0.15, 0.2) is 0 Å². The first-order valence-electron chi connectivity index (χ1n) is 11.1. The quantitative estimate of drug-likeness (QED) is 0.574. The number of H-pyrrole nitrogens is 1. The largest absolute Gasteiger partial charge is 0.356 e. The molecule has 2 bridgehead atoms. The molecule has 12 heteroatoms. The number of rotatable bonds is 5. The van der Waals surface area contributed by atoms with E-state index in [4.69, 9.17) is 11.6 Å². The van der Waals surface area contributed by atoms with Gasteiger partial charge in [0.2, 0.25) is 11.8 Å². The molecule has 3 N–H and O–H groups in total. The Labute approximate surface area is 202 Å². The van der Waals surface area contributed by atoms with E-state index >= 15 is 0 Å². The minimum Gasteiger partial charge on any atom is -0.356 e. The number of hydrogen-bond donors (Lipinski definition) is 3. The first-order chi connectivity index (χ1) is 16.2. The van der Waals surface area contributed by atoms with Crippen molar-refractivity contribution in [2.24, 2.45) is 11.8 Å². The molecule has 1 aliphatic carbocycles. The first kappa shape index (κ1) is 23.1. The molecule has 2 aromatic heterocycles. The van der Waals surface area contributed by atoms with Crippen molar-refractivity contribution in [1.82, 2.24) is 20.5 Å². The molecular formula is C22H22ClF2N5O3S. The third-order valence-electron chi connectivity index (χ3n) is 7.13. The molecule has 5 heterocycles. The lowest BCUT2D eigenvalue weighted by Crippen LogP contribution is -2.68. The maximum Gasteiger partial charge on any atom is 0.271 e. The predicted octanol–water partition coefficient (Wildman–Crippen LogP) is 3.05. The van der Waals surface area contributed by atoms with Crippen LogP contribution in [0.5, 0.6) is 0 Å². The van der Waals surface area contributed by atoms with E-state index in [1.54, 1.807) is 11.4 Å². The van der Waals surface area contributed by atoms with Gasteiger partial charge < -0.3 is 20.5 Å². The van der Waals surface area contributed by atoms with Crippen molar-refractivity contribution in [2.45, 2.75) is 56.2 Å². The Kier molecular flexibility index (Phi) is 5.76. The molecule has 8 nitrogen and oxygen atoms in total. The first-order valence-corrected chi connectivity index (χ1v) is 12.4. The second-order valence-electron chi connectivity index (χ2n) is 9.17. The smallest absolute Gasteiger partial charge is 0.271 e. The molecule has 0 aromatic carbocycles. The molecular weight excluding hydrogens is 488 g/mol. The number of aromatic nitrogens is 1. The summed E-state index contributed by atoms with van der Waals surface area (Å²) in [6, 6.07) is 0.323. The maximum atomic E-state index is 14.9. The highest BCUT2D eigenvalue weighted by molar-refractivity contribution is 7.17. The van der Waals surface area contributed by atoms with E-state index in [0.717, 1.165) is 4.70 Å². The van der Waals surface area contributed by atoms with E-state index in [0.29, 0.717) is 29.9 Å². The summed E-state index contributed by atoms with van der Waals surface area (Å²) < 4.78 is 30.5. The second-order valence-corrected chi connectivity index (χ2v) is 10.5. The summed E-state index contributed by atoms with van der Waals surface area (Å²) in [5, 5.41) is 16.9. The lowest BCUT2D eigenvalue weighted by atomic mass is 9.71. The molecule has 0 unspecified atom stereocenters. The molecule has 3 amide bonds. The van der Waals surface area contributed by atoms with Gasteiger partial charge in [0, 0.05) is 30.3 Å². The SMILES string of the molecule is N#C[C@@H](C[C@H]1CCNC1=O)NC(=O)[C@@H]1[C@H]2CC[C@H](CC2(F)F)N1C(=O)c1cc2scc(Cl)c2[nH]1. The Hall–Kier alpha value is -2.71. The van der Waals surface area contributed by atoms with E-state index in [9.17, 15) is 28.4 Å². The Morgan fingerprint density at radius 3 is 2.82 bits per heavy atom. The molecule has 6 rings (SSSR count). The number of carbonyl (C=O) groups is 3. The molecule has 4 aliphatic rings. The van der Waals surface area contributed by atoms with E-state index in [2.05, 4.69) is 15.6 Å². The summed E-state index contributed by atoms with van der Waals surface area (Å²) in [4.78, 5) is 42.9. The lowest BCUT2D eigenvalue weighted by Gasteiger charge is -2.53. The molecule has 3 aliphatic heterocycles. The van der Waals surface area contributed by atoms with Crippen LogP contribution in [0.25, 0.3) is 10.2 Å². The summed E-state index contributed by atoms with van der Waals surface area (Å²) in [5.41, 5.74) is 0.764. The third-order valence-corrected chi connectivity index (χ3v) is 8.49. The zero-order valence-electron chi connectivity index (χ0n) is 17.9. The highest BCUT2D eigenvalue weighted by atomic mass is 35.5. The number of nitriles is 1. The average molecular weight is 510 g/mol. The molecule has 180 valence electrons. The van der Waals surface area contributed by atoms with Gasteiger partial charge in [0.05, 0.1) is 27.2 Å². The number of fused-ring (bicyclic) bond motifs is 4. The zero-order chi connectivity index (χ0) is 24.2. The third kappa shape index (κ3) is 3.82. The van der Waals surface area contributed by atoms with Gasteiger partial charge in [-0.15, -0.1) is 11.3 Å². The van der Waals surface area contributed by atoms with Crippen LogP contribution in [-0.2, 0) is 9.59 Å². The van der Waals surface area contributed by atoms with Gasteiger partial charge in [-0.2, -0.15) is 5.26 Å². The minimum atomic E-state index is -3.10. The molecule has 3 saturated heterocycles. The summed E-state index contributed by atoms with van der Waals surface area (Å²) >= 11 is 7.49. The van der Waals surface area contributed by atoms with Crippen LogP contribution in [0.4, 0.5) is 8.78 Å². The number of carbonyl (C=O) groups excluding carboxylic acids is 3. The average Bonchev–Trinajstić information content (AvgIpc) is 3.49. The van der Waals surface area contributed by atoms with Gasteiger partial charge >= 0.3 is 0 Å². The lowest BCUT2D eigenvalue weighted by molar-refractivity contribution is -0.179. The fourth-order valence-electron chi connectivity index (χ4n) is 5.49. The monoisotopic (exact) mass is 509 g/mol.